The number of likely N-dealkylation sites (N-methyl/N-ethyl adjacent to an activating group) is 1. The molecule has 0 aliphatic carbocycles. The Kier molecular flexibility index (Phi) is 6.96. The molecule has 6 N–H and O–H groups in total. The van der Waals surface area contributed by atoms with E-state index in [1.165, 1.54) is 0 Å². The van der Waals surface area contributed by atoms with E-state index >= 15 is 0 Å². The summed E-state index contributed by atoms with van der Waals surface area (Å²) in [5.74, 6) is -1.86. The van der Waals surface area contributed by atoms with Crippen LogP contribution >= 0.6 is 11.6 Å². The van der Waals surface area contributed by atoms with E-state index < -0.39 is 38.6 Å². The fraction of sp³-hybridized carbons (Fsp3) is 0.385. The van der Waals surface area contributed by atoms with Gasteiger partial charge >= 0.3 is 0 Å². The third kappa shape index (κ3) is 5.64. The van der Waals surface area contributed by atoms with Crippen molar-refractivity contribution in [2.45, 2.75) is 30.7 Å². The van der Waals surface area contributed by atoms with Crippen molar-refractivity contribution in [3.8, 4) is 5.75 Å². The van der Waals surface area contributed by atoms with Gasteiger partial charge in [-0.1, -0.05) is 11.6 Å². The van der Waals surface area contributed by atoms with E-state index in [9.17, 15) is 23.1 Å². The zero-order chi connectivity index (χ0) is 18.5. The Hall–Kier alpha value is -1.88. The molecule has 134 valence electrons. The molecule has 0 saturated heterocycles. The van der Waals surface area contributed by atoms with Crippen LogP contribution in [0.25, 0.3) is 0 Å². The lowest BCUT2D eigenvalue weighted by Gasteiger charge is -2.13. The number of rotatable bonds is 7. The molecule has 2 amide bonds. The number of phenols is 1. The molecule has 1 rings (SSSR count). The Morgan fingerprint density at radius 2 is 2.00 bits per heavy atom. The Bertz CT molecular complexity index is 737. The van der Waals surface area contributed by atoms with Crippen molar-refractivity contribution < 1.29 is 27.7 Å². The van der Waals surface area contributed by atoms with Crippen molar-refractivity contribution >= 4 is 39.2 Å². The number of carbonyl (C=O) groups is 2. The van der Waals surface area contributed by atoms with E-state index in [-0.39, 0.29) is 23.6 Å². The number of hydrogen-bond acceptors (Lipinski definition) is 6. The van der Waals surface area contributed by atoms with Crippen LogP contribution in [0.1, 0.15) is 19.8 Å². The highest BCUT2D eigenvalue weighted by atomic mass is 35.5. The van der Waals surface area contributed by atoms with E-state index in [0.29, 0.717) is 6.54 Å². The first-order valence-corrected chi connectivity index (χ1v) is 8.71. The molecule has 0 aromatic heterocycles. The summed E-state index contributed by atoms with van der Waals surface area (Å²) in [4.78, 5) is 22.5. The topological polar surface area (TPSA) is 159 Å². The predicted molar refractivity (Wildman–Crippen MR) is 87.5 cm³/mol. The van der Waals surface area contributed by atoms with E-state index in [4.69, 9.17) is 21.9 Å². The maximum Gasteiger partial charge on any atom is 0.298 e. The van der Waals surface area contributed by atoms with Gasteiger partial charge in [0.25, 0.3) is 10.1 Å². The van der Waals surface area contributed by atoms with Crippen molar-refractivity contribution in [3.63, 3.8) is 0 Å². The van der Waals surface area contributed by atoms with Crippen LogP contribution in [-0.2, 0) is 19.7 Å². The van der Waals surface area contributed by atoms with Gasteiger partial charge in [0.2, 0.25) is 11.8 Å². The van der Waals surface area contributed by atoms with Crippen LogP contribution in [0.15, 0.2) is 17.0 Å². The Balaban J connectivity index is 2.81. The van der Waals surface area contributed by atoms with Crippen LogP contribution in [0.2, 0.25) is 5.02 Å². The molecular formula is C13H18ClN3O6S. The van der Waals surface area contributed by atoms with Crippen molar-refractivity contribution in [1.29, 1.82) is 0 Å². The summed E-state index contributed by atoms with van der Waals surface area (Å²) >= 11 is 5.70. The van der Waals surface area contributed by atoms with Crippen LogP contribution in [0.5, 0.6) is 5.75 Å². The lowest BCUT2D eigenvalue weighted by Crippen LogP contribution is -2.40. The SMILES string of the molecule is CCNC(=O)[C@@H](N)CCC(=O)Nc1cc(Cl)cc(S(=O)(=O)O)c1O. The van der Waals surface area contributed by atoms with Gasteiger partial charge in [-0.3, -0.25) is 14.1 Å². The summed E-state index contributed by atoms with van der Waals surface area (Å²) in [5, 5.41) is 14.5. The second-order valence-electron chi connectivity index (χ2n) is 4.86. The summed E-state index contributed by atoms with van der Waals surface area (Å²) in [7, 11) is -4.72. The Morgan fingerprint density at radius 1 is 1.38 bits per heavy atom. The number of aromatic hydroxyl groups is 1. The van der Waals surface area contributed by atoms with E-state index in [0.717, 1.165) is 12.1 Å². The van der Waals surface area contributed by atoms with Crippen LogP contribution in [0, 0.1) is 0 Å². The monoisotopic (exact) mass is 379 g/mol. The summed E-state index contributed by atoms with van der Waals surface area (Å²) in [6.07, 6.45) is -0.102. The van der Waals surface area contributed by atoms with Crippen molar-refractivity contribution in [2.75, 3.05) is 11.9 Å². The highest BCUT2D eigenvalue weighted by molar-refractivity contribution is 7.86. The lowest BCUT2D eigenvalue weighted by atomic mass is 10.1. The number of amides is 2. The quantitative estimate of drug-likeness (QED) is 0.340. The Labute approximate surface area is 143 Å². The molecule has 0 aliphatic rings. The van der Waals surface area contributed by atoms with Crippen LogP contribution in [-0.4, -0.2) is 42.5 Å². The third-order valence-corrected chi connectivity index (χ3v) is 4.05. The largest absolute Gasteiger partial charge is 0.504 e. The van der Waals surface area contributed by atoms with E-state index in [1.807, 2.05) is 0 Å². The molecule has 0 saturated carbocycles. The first kappa shape index (κ1) is 20.2. The molecule has 0 heterocycles. The molecule has 0 aliphatic heterocycles. The lowest BCUT2D eigenvalue weighted by molar-refractivity contribution is -0.122. The van der Waals surface area contributed by atoms with Gasteiger partial charge in [-0.05, 0) is 25.5 Å². The maximum absolute atomic E-state index is 11.9. The molecule has 0 spiro atoms. The normalized spacial score (nSPS) is 12.5. The number of nitrogens with one attached hydrogen (secondary N) is 2. The number of halogens is 1. The molecular weight excluding hydrogens is 362 g/mol. The second kappa shape index (κ2) is 8.29. The zero-order valence-electron chi connectivity index (χ0n) is 12.7. The van der Waals surface area contributed by atoms with E-state index in [2.05, 4.69) is 10.6 Å². The average molecular weight is 380 g/mol. The van der Waals surface area contributed by atoms with Crippen LogP contribution in [0.3, 0.4) is 0 Å². The number of carbonyl (C=O) groups excluding carboxylic acids is 2. The molecule has 1 atom stereocenters. The van der Waals surface area contributed by atoms with Gasteiger partial charge < -0.3 is 21.5 Å². The highest BCUT2D eigenvalue weighted by Gasteiger charge is 2.21. The van der Waals surface area contributed by atoms with Crippen molar-refractivity contribution in [3.05, 3.63) is 17.2 Å². The summed E-state index contributed by atoms with van der Waals surface area (Å²) in [5.41, 5.74) is 5.32. The maximum atomic E-state index is 11.9. The van der Waals surface area contributed by atoms with Gasteiger partial charge in [0.1, 0.15) is 4.90 Å². The minimum absolute atomic E-state index is 0.0458. The van der Waals surface area contributed by atoms with E-state index in [1.54, 1.807) is 6.92 Å². The van der Waals surface area contributed by atoms with Crippen molar-refractivity contribution in [2.24, 2.45) is 5.73 Å². The number of nitrogens with two attached hydrogens (primary N) is 1. The Morgan fingerprint density at radius 3 is 2.54 bits per heavy atom. The molecule has 1 aromatic rings. The van der Waals surface area contributed by atoms with Gasteiger partial charge in [0, 0.05) is 18.0 Å². The number of phenolic OH excluding ortho intramolecular Hbond substituents is 1. The van der Waals surface area contributed by atoms with Gasteiger partial charge in [-0.15, -0.1) is 0 Å². The number of hydrogen-bond donors (Lipinski definition) is 5. The number of anilines is 1. The molecule has 0 unspecified atom stereocenters. The van der Waals surface area contributed by atoms with Crippen LogP contribution in [0.4, 0.5) is 5.69 Å². The standard InChI is InChI=1S/C13H18ClN3O6S/c1-2-16-13(20)8(15)3-4-11(18)17-9-5-7(14)6-10(12(9)19)24(21,22)23/h5-6,8,19H,2-4,15H2,1H3,(H,16,20)(H,17,18)(H,21,22,23)/t8-/m0/s1. The molecule has 0 bridgehead atoms. The minimum atomic E-state index is -4.72. The van der Waals surface area contributed by atoms with Crippen LogP contribution < -0.4 is 16.4 Å². The first-order valence-electron chi connectivity index (χ1n) is 6.89. The van der Waals surface area contributed by atoms with Gasteiger partial charge in [0.15, 0.2) is 5.75 Å². The zero-order valence-corrected chi connectivity index (χ0v) is 14.3. The fourth-order valence-electron chi connectivity index (χ4n) is 1.80. The minimum Gasteiger partial charge on any atom is -0.504 e. The smallest absolute Gasteiger partial charge is 0.298 e. The molecule has 24 heavy (non-hydrogen) atoms. The fourth-order valence-corrected chi connectivity index (χ4v) is 2.71. The van der Waals surface area contributed by atoms with Gasteiger partial charge in [-0.25, -0.2) is 0 Å². The third-order valence-electron chi connectivity index (χ3n) is 2.96. The molecule has 9 nitrogen and oxygen atoms in total. The second-order valence-corrected chi connectivity index (χ2v) is 6.69. The van der Waals surface area contributed by atoms with Crippen molar-refractivity contribution in [1.82, 2.24) is 5.32 Å². The average Bonchev–Trinajstić information content (AvgIpc) is 2.47. The molecule has 1 aromatic carbocycles. The highest BCUT2D eigenvalue weighted by Crippen LogP contribution is 2.34. The van der Waals surface area contributed by atoms with Gasteiger partial charge in [-0.2, -0.15) is 8.42 Å². The molecule has 0 radical (unpaired) electrons. The molecule has 0 fully saturated rings. The predicted octanol–water partition coefficient (Wildman–Crippen LogP) is 0.474. The first-order chi connectivity index (χ1) is 11.1. The summed E-state index contributed by atoms with van der Waals surface area (Å²) in [6.45, 7) is 2.14. The molecule has 11 heteroatoms. The summed E-state index contributed by atoms with van der Waals surface area (Å²) in [6, 6.07) is 1.08. The van der Waals surface area contributed by atoms with Gasteiger partial charge in [0.05, 0.1) is 11.7 Å². The summed E-state index contributed by atoms with van der Waals surface area (Å²) < 4.78 is 31.3. The number of benzene rings is 1.